The molecule has 0 aliphatic rings. The van der Waals surface area contributed by atoms with Crippen LogP contribution < -0.4 is 5.32 Å². The average molecular weight is 260 g/mol. The highest BCUT2D eigenvalue weighted by Gasteiger charge is 2.02. The van der Waals surface area contributed by atoms with Crippen molar-refractivity contribution in [1.82, 2.24) is 10.3 Å². The van der Waals surface area contributed by atoms with Crippen LogP contribution in [0.3, 0.4) is 0 Å². The molecule has 0 saturated heterocycles. The third-order valence-corrected chi connectivity index (χ3v) is 3.69. The predicted molar refractivity (Wildman–Crippen MR) is 81.0 cm³/mol. The van der Waals surface area contributed by atoms with Crippen LogP contribution in [0.4, 0.5) is 0 Å². The molecule has 1 aromatic carbocycles. The number of hydrogen-bond donors (Lipinski definition) is 1. The van der Waals surface area contributed by atoms with Gasteiger partial charge in [-0.3, -0.25) is 4.98 Å². The Morgan fingerprint density at radius 3 is 2.89 bits per heavy atom. The van der Waals surface area contributed by atoms with E-state index in [2.05, 4.69) is 47.7 Å². The fraction of sp³-hybridized carbons (Fsp3) is 0.400. The van der Waals surface area contributed by atoms with E-state index in [1.165, 1.54) is 17.6 Å². The molecule has 1 aromatic heterocycles. The van der Waals surface area contributed by atoms with E-state index in [4.69, 9.17) is 0 Å². The summed E-state index contributed by atoms with van der Waals surface area (Å²) in [6.45, 7) is 3.08. The number of thioether (sulfide) groups is 1. The molecule has 1 heterocycles. The minimum Gasteiger partial charge on any atom is -0.309 e. The molecule has 0 aliphatic carbocycles. The van der Waals surface area contributed by atoms with Crippen LogP contribution in [0, 0.1) is 0 Å². The van der Waals surface area contributed by atoms with Gasteiger partial charge < -0.3 is 5.32 Å². The molecular formula is C15H20N2S. The van der Waals surface area contributed by atoms with Crippen LogP contribution in [0.25, 0.3) is 10.9 Å². The first-order valence-electron chi connectivity index (χ1n) is 6.36. The quantitative estimate of drug-likeness (QED) is 0.861. The van der Waals surface area contributed by atoms with Crippen molar-refractivity contribution in [2.24, 2.45) is 0 Å². The largest absolute Gasteiger partial charge is 0.309 e. The van der Waals surface area contributed by atoms with Gasteiger partial charge in [0.1, 0.15) is 0 Å². The molecule has 2 nitrogen and oxygen atoms in total. The Morgan fingerprint density at radius 1 is 1.22 bits per heavy atom. The van der Waals surface area contributed by atoms with E-state index >= 15 is 0 Å². The molecule has 18 heavy (non-hydrogen) atoms. The minimum atomic E-state index is 0.547. The molecule has 3 heteroatoms. The Bertz CT molecular complexity index is 499. The van der Waals surface area contributed by atoms with Crippen molar-refractivity contribution in [1.29, 1.82) is 0 Å². The molecule has 1 N–H and O–H groups in total. The van der Waals surface area contributed by atoms with Crippen molar-refractivity contribution >= 4 is 22.7 Å². The van der Waals surface area contributed by atoms with Crippen LogP contribution in [0.5, 0.6) is 0 Å². The summed E-state index contributed by atoms with van der Waals surface area (Å²) >= 11 is 1.90. The average Bonchev–Trinajstić information content (AvgIpc) is 2.42. The van der Waals surface area contributed by atoms with Gasteiger partial charge in [0.05, 0.1) is 11.2 Å². The van der Waals surface area contributed by atoms with Crippen molar-refractivity contribution in [2.45, 2.75) is 25.9 Å². The molecular weight excluding hydrogens is 240 g/mol. The molecule has 0 aliphatic heterocycles. The maximum Gasteiger partial charge on any atom is 0.0705 e. The van der Waals surface area contributed by atoms with Crippen molar-refractivity contribution in [3.63, 3.8) is 0 Å². The van der Waals surface area contributed by atoms with E-state index in [1.807, 2.05) is 23.9 Å². The van der Waals surface area contributed by atoms with E-state index in [0.29, 0.717) is 6.04 Å². The number of rotatable bonds is 6. The Kier molecular flexibility index (Phi) is 5.02. The fourth-order valence-electron chi connectivity index (χ4n) is 1.88. The highest BCUT2D eigenvalue weighted by Crippen LogP contribution is 2.11. The topological polar surface area (TPSA) is 24.9 Å². The summed E-state index contributed by atoms with van der Waals surface area (Å²) in [6.07, 6.45) is 3.35. The van der Waals surface area contributed by atoms with Gasteiger partial charge in [0, 0.05) is 18.0 Å². The van der Waals surface area contributed by atoms with Crippen molar-refractivity contribution in [3.8, 4) is 0 Å². The molecule has 2 rings (SSSR count). The zero-order chi connectivity index (χ0) is 12.8. The Hall–Kier alpha value is -1.06. The smallest absolute Gasteiger partial charge is 0.0705 e. The summed E-state index contributed by atoms with van der Waals surface area (Å²) in [5.41, 5.74) is 2.19. The number of pyridine rings is 1. The van der Waals surface area contributed by atoms with Gasteiger partial charge in [0.2, 0.25) is 0 Å². The van der Waals surface area contributed by atoms with Crippen LogP contribution in [0.15, 0.2) is 36.4 Å². The predicted octanol–water partition coefficient (Wildman–Crippen LogP) is 3.47. The zero-order valence-electron chi connectivity index (χ0n) is 11.0. The summed E-state index contributed by atoms with van der Waals surface area (Å²) in [6, 6.07) is 13.0. The maximum absolute atomic E-state index is 4.66. The number of hydrogen-bond acceptors (Lipinski definition) is 3. The second kappa shape index (κ2) is 6.76. The Labute approximate surface area is 113 Å². The third kappa shape index (κ3) is 3.72. The molecule has 0 saturated carbocycles. The molecule has 96 valence electrons. The van der Waals surface area contributed by atoms with E-state index < -0.39 is 0 Å². The minimum absolute atomic E-state index is 0.547. The van der Waals surface area contributed by atoms with E-state index in [-0.39, 0.29) is 0 Å². The van der Waals surface area contributed by atoms with E-state index in [9.17, 15) is 0 Å². The summed E-state index contributed by atoms with van der Waals surface area (Å²) in [5.74, 6) is 1.21. The molecule has 0 fully saturated rings. The summed E-state index contributed by atoms with van der Waals surface area (Å²) in [5, 5.41) is 4.73. The fourth-order valence-corrected chi connectivity index (χ4v) is 2.47. The van der Waals surface area contributed by atoms with Gasteiger partial charge in [0.25, 0.3) is 0 Å². The highest BCUT2D eigenvalue weighted by molar-refractivity contribution is 7.98. The number of nitrogens with zero attached hydrogens (tertiary/aromatic N) is 1. The molecule has 2 aromatic rings. The summed E-state index contributed by atoms with van der Waals surface area (Å²) in [7, 11) is 0. The van der Waals surface area contributed by atoms with Crippen molar-refractivity contribution < 1.29 is 0 Å². The molecule has 1 atom stereocenters. The lowest BCUT2D eigenvalue weighted by Crippen LogP contribution is -2.26. The summed E-state index contributed by atoms with van der Waals surface area (Å²) < 4.78 is 0. The normalized spacial score (nSPS) is 12.8. The van der Waals surface area contributed by atoms with Crippen LogP contribution in [-0.2, 0) is 6.54 Å². The molecule has 0 radical (unpaired) electrons. The first-order chi connectivity index (χ1) is 8.79. The maximum atomic E-state index is 4.66. The van der Waals surface area contributed by atoms with Crippen LogP contribution in [-0.4, -0.2) is 23.0 Å². The third-order valence-electron chi connectivity index (χ3n) is 3.04. The number of aromatic nitrogens is 1. The lowest BCUT2D eigenvalue weighted by molar-refractivity contribution is 0.533. The van der Waals surface area contributed by atoms with Gasteiger partial charge in [-0.05, 0) is 37.5 Å². The number of fused-ring (bicyclic) bond motifs is 1. The van der Waals surface area contributed by atoms with E-state index in [1.54, 1.807) is 0 Å². The number of nitrogens with one attached hydrogen (secondary N) is 1. The second-order valence-electron chi connectivity index (χ2n) is 4.56. The van der Waals surface area contributed by atoms with Gasteiger partial charge in [-0.25, -0.2) is 0 Å². The van der Waals surface area contributed by atoms with Crippen LogP contribution in [0.1, 0.15) is 19.0 Å². The zero-order valence-corrected chi connectivity index (χ0v) is 11.8. The highest BCUT2D eigenvalue weighted by atomic mass is 32.2. The molecule has 0 amide bonds. The Balaban J connectivity index is 1.95. The number of para-hydroxylation sites is 1. The molecule has 0 bridgehead atoms. The van der Waals surface area contributed by atoms with Crippen molar-refractivity contribution in [2.75, 3.05) is 12.0 Å². The van der Waals surface area contributed by atoms with Gasteiger partial charge in [-0.2, -0.15) is 11.8 Å². The van der Waals surface area contributed by atoms with E-state index in [0.717, 1.165) is 17.8 Å². The van der Waals surface area contributed by atoms with Crippen LogP contribution in [0.2, 0.25) is 0 Å². The van der Waals surface area contributed by atoms with Crippen LogP contribution >= 0.6 is 11.8 Å². The second-order valence-corrected chi connectivity index (χ2v) is 5.54. The van der Waals surface area contributed by atoms with Gasteiger partial charge in [-0.15, -0.1) is 0 Å². The monoisotopic (exact) mass is 260 g/mol. The van der Waals surface area contributed by atoms with Gasteiger partial charge >= 0.3 is 0 Å². The van der Waals surface area contributed by atoms with Gasteiger partial charge in [0.15, 0.2) is 0 Å². The van der Waals surface area contributed by atoms with Crippen molar-refractivity contribution in [3.05, 3.63) is 42.1 Å². The first kappa shape index (κ1) is 13.4. The molecule has 1 unspecified atom stereocenters. The summed E-state index contributed by atoms with van der Waals surface area (Å²) in [4.78, 5) is 4.66. The van der Waals surface area contributed by atoms with Gasteiger partial charge in [-0.1, -0.05) is 24.3 Å². The first-order valence-corrected chi connectivity index (χ1v) is 7.76. The number of benzene rings is 1. The Morgan fingerprint density at radius 2 is 2.06 bits per heavy atom. The standard InChI is InChI=1S/C15H20N2S/c1-12(9-10-18-2)16-11-14-8-7-13-5-3-4-6-15(13)17-14/h3-8,12,16H,9-11H2,1-2H3. The SMILES string of the molecule is CSCCC(C)NCc1ccc2ccccc2n1. The molecule has 0 spiro atoms. The lowest BCUT2D eigenvalue weighted by Gasteiger charge is -2.12. The lowest BCUT2D eigenvalue weighted by atomic mass is 10.2.